The summed E-state index contributed by atoms with van der Waals surface area (Å²) >= 11 is 0. The number of esters is 1. The quantitative estimate of drug-likeness (QED) is 0.806. The zero-order chi connectivity index (χ0) is 13.1. The van der Waals surface area contributed by atoms with Gasteiger partial charge in [-0.1, -0.05) is 0 Å². The molecule has 1 N–H and O–H groups in total. The maximum atomic E-state index is 11.6. The van der Waals surface area contributed by atoms with E-state index >= 15 is 0 Å². The third kappa shape index (κ3) is 4.91. The van der Waals surface area contributed by atoms with Gasteiger partial charge in [0.15, 0.2) is 0 Å². The molecule has 5 nitrogen and oxygen atoms in total. The minimum absolute atomic E-state index is 0.0828. The molecule has 0 aliphatic carbocycles. The second kappa shape index (κ2) is 5.23. The predicted molar refractivity (Wildman–Crippen MR) is 62.2 cm³/mol. The number of nitrogens with zero attached hydrogens (tertiary/aromatic N) is 2. The molecule has 0 saturated carbocycles. The molecule has 0 amide bonds. The molecule has 94 valence electrons. The highest BCUT2D eigenvalue weighted by Gasteiger charge is 2.17. The van der Waals surface area contributed by atoms with Gasteiger partial charge < -0.3 is 9.84 Å². The van der Waals surface area contributed by atoms with Gasteiger partial charge in [-0.3, -0.25) is 4.79 Å². The molecule has 0 bridgehead atoms. The summed E-state index contributed by atoms with van der Waals surface area (Å²) in [6.45, 7) is 7.05. The first-order valence-electron chi connectivity index (χ1n) is 5.48. The SMILES string of the molecule is CC(O)c1cc(CC(=O)OC(C)(C)C)ncn1. The van der Waals surface area contributed by atoms with Gasteiger partial charge in [-0.05, 0) is 33.8 Å². The summed E-state index contributed by atoms with van der Waals surface area (Å²) in [5.74, 6) is -0.340. The molecule has 0 radical (unpaired) electrons. The van der Waals surface area contributed by atoms with Crippen molar-refractivity contribution in [2.24, 2.45) is 0 Å². The summed E-state index contributed by atoms with van der Waals surface area (Å²) in [6.07, 6.45) is 0.747. The maximum absolute atomic E-state index is 11.6. The molecule has 0 aromatic carbocycles. The van der Waals surface area contributed by atoms with Crippen LogP contribution in [0.4, 0.5) is 0 Å². The van der Waals surface area contributed by atoms with Crippen LogP contribution in [0.15, 0.2) is 12.4 Å². The second-order valence-electron chi connectivity index (χ2n) is 4.87. The Balaban J connectivity index is 2.69. The van der Waals surface area contributed by atoms with E-state index in [0.29, 0.717) is 11.4 Å². The van der Waals surface area contributed by atoms with E-state index < -0.39 is 11.7 Å². The highest BCUT2D eigenvalue weighted by molar-refractivity contribution is 5.72. The fraction of sp³-hybridized carbons (Fsp3) is 0.583. The topological polar surface area (TPSA) is 72.3 Å². The van der Waals surface area contributed by atoms with E-state index in [9.17, 15) is 9.90 Å². The minimum Gasteiger partial charge on any atom is -0.460 e. The van der Waals surface area contributed by atoms with Crippen LogP contribution in [0.3, 0.4) is 0 Å². The fourth-order valence-corrected chi connectivity index (χ4v) is 1.27. The van der Waals surface area contributed by atoms with Crippen LogP contribution in [0.25, 0.3) is 0 Å². The summed E-state index contributed by atoms with van der Waals surface area (Å²) in [6, 6.07) is 1.61. The number of aliphatic hydroxyl groups excluding tert-OH is 1. The number of ether oxygens (including phenoxy) is 1. The highest BCUT2D eigenvalue weighted by Crippen LogP contribution is 2.12. The van der Waals surface area contributed by atoms with Gasteiger partial charge in [-0.2, -0.15) is 0 Å². The molecule has 1 rings (SSSR count). The van der Waals surface area contributed by atoms with Crippen LogP contribution in [-0.2, 0) is 16.0 Å². The number of carbonyl (C=O) groups excluding carboxylic acids is 1. The third-order valence-electron chi connectivity index (χ3n) is 1.92. The number of rotatable bonds is 3. The lowest BCUT2D eigenvalue weighted by Gasteiger charge is -2.19. The summed E-state index contributed by atoms with van der Waals surface area (Å²) in [4.78, 5) is 19.4. The first-order valence-corrected chi connectivity index (χ1v) is 5.48. The molecule has 0 spiro atoms. The van der Waals surface area contributed by atoms with Crippen molar-refractivity contribution in [3.63, 3.8) is 0 Å². The Labute approximate surface area is 101 Å². The van der Waals surface area contributed by atoms with Crippen molar-refractivity contribution in [1.82, 2.24) is 9.97 Å². The van der Waals surface area contributed by atoms with Crippen LogP contribution in [0.1, 0.15) is 45.2 Å². The number of hydrogen-bond donors (Lipinski definition) is 1. The summed E-state index contributed by atoms with van der Waals surface area (Å²) in [5.41, 5.74) is 0.542. The van der Waals surface area contributed by atoms with Crippen molar-refractivity contribution in [1.29, 1.82) is 0 Å². The Morgan fingerprint density at radius 3 is 2.65 bits per heavy atom. The van der Waals surface area contributed by atoms with Crippen LogP contribution in [-0.4, -0.2) is 26.6 Å². The van der Waals surface area contributed by atoms with Gasteiger partial charge >= 0.3 is 5.97 Å². The standard InChI is InChI=1S/C12H18N2O3/c1-8(15)10-5-9(13-7-14-10)6-11(16)17-12(2,3)4/h5,7-8,15H,6H2,1-4H3. The molecular weight excluding hydrogens is 220 g/mol. The molecule has 1 heterocycles. The van der Waals surface area contributed by atoms with Gasteiger partial charge in [0.25, 0.3) is 0 Å². The average Bonchev–Trinajstić information content (AvgIpc) is 2.14. The maximum Gasteiger partial charge on any atom is 0.312 e. The molecule has 1 aromatic heterocycles. The molecule has 1 atom stereocenters. The minimum atomic E-state index is -0.671. The van der Waals surface area contributed by atoms with Gasteiger partial charge in [0, 0.05) is 0 Å². The molecule has 0 aliphatic rings. The average molecular weight is 238 g/mol. The van der Waals surface area contributed by atoms with Crippen LogP contribution >= 0.6 is 0 Å². The smallest absolute Gasteiger partial charge is 0.312 e. The molecule has 0 saturated heterocycles. The van der Waals surface area contributed by atoms with Crippen LogP contribution < -0.4 is 0 Å². The third-order valence-corrected chi connectivity index (χ3v) is 1.92. The Hall–Kier alpha value is -1.49. The summed E-state index contributed by atoms with van der Waals surface area (Å²) in [7, 11) is 0. The molecule has 0 fully saturated rings. The first kappa shape index (κ1) is 13.6. The van der Waals surface area contributed by atoms with Gasteiger partial charge in [0.05, 0.1) is 23.9 Å². The van der Waals surface area contributed by atoms with E-state index in [1.807, 2.05) is 20.8 Å². The lowest BCUT2D eigenvalue weighted by Crippen LogP contribution is -2.25. The second-order valence-corrected chi connectivity index (χ2v) is 4.87. The fourth-order valence-electron chi connectivity index (χ4n) is 1.27. The molecule has 1 aromatic rings. The van der Waals surface area contributed by atoms with Crippen molar-refractivity contribution in [2.75, 3.05) is 0 Å². The van der Waals surface area contributed by atoms with E-state index in [0.717, 1.165) is 0 Å². The zero-order valence-electron chi connectivity index (χ0n) is 10.6. The van der Waals surface area contributed by atoms with Crippen molar-refractivity contribution in [3.8, 4) is 0 Å². The lowest BCUT2D eigenvalue weighted by molar-refractivity contribution is -0.154. The van der Waals surface area contributed by atoms with E-state index in [1.165, 1.54) is 6.33 Å². The molecule has 5 heteroatoms. The zero-order valence-corrected chi connectivity index (χ0v) is 10.6. The Kier molecular flexibility index (Phi) is 4.17. The Bertz CT molecular complexity index is 397. The Morgan fingerprint density at radius 2 is 2.12 bits per heavy atom. The van der Waals surface area contributed by atoms with Gasteiger partial charge in [-0.15, -0.1) is 0 Å². The van der Waals surface area contributed by atoms with Gasteiger partial charge in [-0.25, -0.2) is 9.97 Å². The molecular formula is C12H18N2O3. The van der Waals surface area contributed by atoms with E-state index in [-0.39, 0.29) is 12.4 Å². The van der Waals surface area contributed by atoms with Crippen molar-refractivity contribution in [2.45, 2.75) is 45.8 Å². The predicted octanol–water partition coefficient (Wildman–Crippen LogP) is 1.41. The Morgan fingerprint density at radius 1 is 1.47 bits per heavy atom. The van der Waals surface area contributed by atoms with Crippen molar-refractivity contribution < 1.29 is 14.6 Å². The number of aromatic nitrogens is 2. The van der Waals surface area contributed by atoms with Crippen molar-refractivity contribution in [3.05, 3.63) is 23.8 Å². The van der Waals surface area contributed by atoms with E-state index in [4.69, 9.17) is 4.74 Å². The normalized spacial score (nSPS) is 13.2. The summed E-state index contributed by atoms with van der Waals surface area (Å²) < 4.78 is 5.18. The molecule has 17 heavy (non-hydrogen) atoms. The van der Waals surface area contributed by atoms with Crippen LogP contribution in [0.5, 0.6) is 0 Å². The van der Waals surface area contributed by atoms with E-state index in [1.54, 1.807) is 13.0 Å². The number of carbonyl (C=O) groups is 1. The molecule has 1 unspecified atom stereocenters. The van der Waals surface area contributed by atoms with Crippen LogP contribution in [0, 0.1) is 0 Å². The van der Waals surface area contributed by atoms with Gasteiger partial charge in [0.2, 0.25) is 0 Å². The molecule has 0 aliphatic heterocycles. The lowest BCUT2D eigenvalue weighted by atomic mass is 10.2. The first-order chi connectivity index (χ1) is 7.78. The number of aliphatic hydroxyl groups is 1. The summed E-state index contributed by atoms with van der Waals surface area (Å²) in [5, 5.41) is 9.36. The largest absolute Gasteiger partial charge is 0.460 e. The monoisotopic (exact) mass is 238 g/mol. The van der Waals surface area contributed by atoms with E-state index in [2.05, 4.69) is 9.97 Å². The van der Waals surface area contributed by atoms with Crippen molar-refractivity contribution >= 4 is 5.97 Å². The van der Waals surface area contributed by atoms with Crippen LogP contribution in [0.2, 0.25) is 0 Å². The van der Waals surface area contributed by atoms with Gasteiger partial charge in [0.1, 0.15) is 11.9 Å². The number of hydrogen-bond acceptors (Lipinski definition) is 5. The highest BCUT2D eigenvalue weighted by atomic mass is 16.6.